The van der Waals surface area contributed by atoms with Gasteiger partial charge in [-0.2, -0.15) is 0 Å². The highest BCUT2D eigenvalue weighted by atomic mass is 16.2. The minimum atomic E-state index is -0.409. The third-order valence-corrected chi connectivity index (χ3v) is 3.37. The lowest BCUT2D eigenvalue weighted by Crippen LogP contribution is -2.48. The van der Waals surface area contributed by atoms with Crippen molar-refractivity contribution in [1.29, 1.82) is 0 Å². The molecule has 0 aliphatic heterocycles. The highest BCUT2D eigenvalue weighted by Gasteiger charge is 2.26. The molecule has 1 aromatic rings. The molecule has 1 atom stereocenters. The van der Waals surface area contributed by atoms with Crippen molar-refractivity contribution in [2.75, 3.05) is 7.05 Å². The Balaban J connectivity index is 3.00. The predicted molar refractivity (Wildman–Crippen MR) is 80.2 cm³/mol. The molecule has 2 amide bonds. The van der Waals surface area contributed by atoms with Gasteiger partial charge < -0.3 is 10.2 Å². The molecule has 0 heterocycles. The zero-order valence-corrected chi connectivity index (χ0v) is 12.8. The molecule has 0 spiro atoms. The maximum atomic E-state index is 12.2. The fraction of sp³-hybridized carbons (Fsp3) is 0.500. The molecule has 4 nitrogen and oxygen atoms in total. The fourth-order valence-electron chi connectivity index (χ4n) is 2.30. The molecule has 110 valence electrons. The molecular weight excluding hydrogens is 252 g/mol. The van der Waals surface area contributed by atoms with E-state index in [2.05, 4.69) is 5.32 Å². The lowest BCUT2D eigenvalue weighted by molar-refractivity contribution is -0.141. The van der Waals surface area contributed by atoms with E-state index in [1.807, 2.05) is 45.0 Å². The van der Waals surface area contributed by atoms with Crippen LogP contribution in [0.3, 0.4) is 0 Å². The van der Waals surface area contributed by atoms with Gasteiger partial charge in [0, 0.05) is 20.0 Å². The minimum absolute atomic E-state index is 0.00181. The molecule has 0 fully saturated rings. The Morgan fingerprint density at radius 2 is 2.00 bits per heavy atom. The topological polar surface area (TPSA) is 49.4 Å². The number of carbonyl (C=O) groups is 2. The third-order valence-electron chi connectivity index (χ3n) is 3.37. The number of carbonyl (C=O) groups excluding carboxylic acids is 2. The number of benzene rings is 1. The number of aryl methyl sites for hydroxylation is 1. The van der Waals surface area contributed by atoms with E-state index in [0.29, 0.717) is 19.4 Å². The van der Waals surface area contributed by atoms with E-state index in [0.717, 1.165) is 11.1 Å². The molecule has 1 N–H and O–H groups in total. The summed E-state index contributed by atoms with van der Waals surface area (Å²) >= 11 is 0. The highest BCUT2D eigenvalue weighted by molar-refractivity contribution is 5.87. The molecule has 1 rings (SSSR count). The number of nitrogens with zero attached hydrogens (tertiary/aromatic N) is 1. The van der Waals surface area contributed by atoms with Crippen LogP contribution in [0, 0.1) is 6.92 Å². The van der Waals surface area contributed by atoms with E-state index in [1.54, 1.807) is 11.9 Å². The van der Waals surface area contributed by atoms with Gasteiger partial charge in [0.1, 0.15) is 6.04 Å². The average molecular weight is 276 g/mol. The van der Waals surface area contributed by atoms with Gasteiger partial charge in [0.25, 0.3) is 0 Å². The van der Waals surface area contributed by atoms with Gasteiger partial charge in [0.05, 0.1) is 0 Å². The molecule has 0 saturated heterocycles. The predicted octanol–water partition coefficient (Wildman–Crippen LogP) is 2.26. The Bertz CT molecular complexity index is 471. The van der Waals surface area contributed by atoms with Crippen molar-refractivity contribution in [1.82, 2.24) is 10.2 Å². The van der Waals surface area contributed by atoms with Crippen molar-refractivity contribution in [3.8, 4) is 0 Å². The van der Waals surface area contributed by atoms with Gasteiger partial charge in [-0.25, -0.2) is 0 Å². The second-order valence-electron chi connectivity index (χ2n) is 4.90. The van der Waals surface area contributed by atoms with Crippen molar-refractivity contribution in [2.24, 2.45) is 0 Å². The second-order valence-corrected chi connectivity index (χ2v) is 4.90. The number of likely N-dealkylation sites (N-methyl/N-ethyl adjacent to an activating group) is 1. The minimum Gasteiger partial charge on any atom is -0.357 e. The summed E-state index contributed by atoms with van der Waals surface area (Å²) in [5, 5.41) is 2.64. The molecule has 0 saturated carbocycles. The Morgan fingerprint density at radius 1 is 1.30 bits per heavy atom. The molecule has 0 aliphatic carbocycles. The molecule has 0 aliphatic rings. The van der Waals surface area contributed by atoms with Gasteiger partial charge in [0.15, 0.2) is 0 Å². The first-order valence-corrected chi connectivity index (χ1v) is 7.10. The monoisotopic (exact) mass is 276 g/mol. The summed E-state index contributed by atoms with van der Waals surface area (Å²) in [5.74, 6) is -0.107. The van der Waals surface area contributed by atoms with Gasteiger partial charge in [-0.1, -0.05) is 43.7 Å². The largest absolute Gasteiger partial charge is 0.357 e. The number of amides is 2. The molecular formula is C16H24N2O2. The van der Waals surface area contributed by atoms with Crippen LogP contribution in [0.4, 0.5) is 0 Å². The van der Waals surface area contributed by atoms with Gasteiger partial charge in [0.2, 0.25) is 11.8 Å². The summed E-state index contributed by atoms with van der Waals surface area (Å²) in [6.07, 6.45) is 1.01. The van der Waals surface area contributed by atoms with Crippen molar-refractivity contribution in [3.63, 3.8) is 0 Å². The number of hydrogen-bond acceptors (Lipinski definition) is 2. The first kappa shape index (κ1) is 16.2. The Hall–Kier alpha value is -1.84. The van der Waals surface area contributed by atoms with Crippen LogP contribution < -0.4 is 5.32 Å². The SMILES string of the molecule is CCC(=O)N(Cc1cccc(C)c1)C(CC)C(=O)NC. The van der Waals surface area contributed by atoms with Crippen LogP contribution >= 0.6 is 0 Å². The molecule has 0 aromatic heterocycles. The van der Waals surface area contributed by atoms with E-state index >= 15 is 0 Å². The first-order chi connectivity index (χ1) is 9.53. The normalized spacial score (nSPS) is 11.8. The van der Waals surface area contributed by atoms with Crippen LogP contribution in [-0.2, 0) is 16.1 Å². The van der Waals surface area contributed by atoms with Crippen molar-refractivity contribution < 1.29 is 9.59 Å². The van der Waals surface area contributed by atoms with Crippen LogP contribution in [0.5, 0.6) is 0 Å². The van der Waals surface area contributed by atoms with Gasteiger partial charge in [-0.05, 0) is 18.9 Å². The quantitative estimate of drug-likeness (QED) is 0.866. The fourth-order valence-corrected chi connectivity index (χ4v) is 2.30. The van der Waals surface area contributed by atoms with Crippen molar-refractivity contribution in [3.05, 3.63) is 35.4 Å². The Labute approximate surface area is 121 Å². The maximum Gasteiger partial charge on any atom is 0.242 e. The third kappa shape index (κ3) is 4.08. The molecule has 0 bridgehead atoms. The number of nitrogens with one attached hydrogen (secondary N) is 1. The standard InChI is InChI=1S/C16H24N2O2/c1-5-14(16(20)17-4)18(15(19)6-2)11-13-9-7-8-12(3)10-13/h7-10,14H,5-6,11H2,1-4H3,(H,17,20). The van der Waals surface area contributed by atoms with Crippen LogP contribution in [0.15, 0.2) is 24.3 Å². The second kappa shape index (κ2) is 7.68. The molecule has 1 unspecified atom stereocenters. The summed E-state index contributed by atoms with van der Waals surface area (Å²) in [7, 11) is 1.60. The summed E-state index contributed by atoms with van der Waals surface area (Å²) in [6.45, 7) is 6.24. The van der Waals surface area contributed by atoms with Crippen LogP contribution in [-0.4, -0.2) is 29.8 Å². The molecule has 0 radical (unpaired) electrons. The van der Waals surface area contributed by atoms with E-state index in [4.69, 9.17) is 0 Å². The molecule has 4 heteroatoms. The smallest absolute Gasteiger partial charge is 0.242 e. The zero-order valence-electron chi connectivity index (χ0n) is 12.8. The van der Waals surface area contributed by atoms with Gasteiger partial charge in [-0.15, -0.1) is 0 Å². The van der Waals surface area contributed by atoms with E-state index in [1.165, 1.54) is 0 Å². The summed E-state index contributed by atoms with van der Waals surface area (Å²) < 4.78 is 0. The van der Waals surface area contributed by atoms with Crippen molar-refractivity contribution in [2.45, 2.75) is 46.2 Å². The lowest BCUT2D eigenvalue weighted by atomic mass is 10.1. The van der Waals surface area contributed by atoms with Crippen LogP contribution in [0.25, 0.3) is 0 Å². The number of rotatable bonds is 6. The Kier molecular flexibility index (Phi) is 6.22. The summed E-state index contributed by atoms with van der Waals surface area (Å²) in [4.78, 5) is 25.8. The summed E-state index contributed by atoms with van der Waals surface area (Å²) in [6, 6.07) is 7.62. The van der Waals surface area contributed by atoms with Crippen LogP contribution in [0.2, 0.25) is 0 Å². The molecule has 20 heavy (non-hydrogen) atoms. The van der Waals surface area contributed by atoms with Crippen molar-refractivity contribution >= 4 is 11.8 Å². The van der Waals surface area contributed by atoms with E-state index in [9.17, 15) is 9.59 Å². The Morgan fingerprint density at radius 3 is 2.50 bits per heavy atom. The zero-order chi connectivity index (χ0) is 15.1. The van der Waals surface area contributed by atoms with E-state index in [-0.39, 0.29) is 11.8 Å². The lowest BCUT2D eigenvalue weighted by Gasteiger charge is -2.30. The molecule has 1 aromatic carbocycles. The van der Waals surface area contributed by atoms with E-state index < -0.39 is 6.04 Å². The van der Waals surface area contributed by atoms with Gasteiger partial charge in [-0.3, -0.25) is 9.59 Å². The average Bonchev–Trinajstić information content (AvgIpc) is 2.45. The van der Waals surface area contributed by atoms with Crippen LogP contribution in [0.1, 0.15) is 37.8 Å². The highest BCUT2D eigenvalue weighted by Crippen LogP contribution is 2.14. The maximum absolute atomic E-state index is 12.2. The first-order valence-electron chi connectivity index (χ1n) is 7.10. The van der Waals surface area contributed by atoms with Gasteiger partial charge >= 0.3 is 0 Å². The number of hydrogen-bond donors (Lipinski definition) is 1. The summed E-state index contributed by atoms with van der Waals surface area (Å²) in [5.41, 5.74) is 2.20.